The summed E-state index contributed by atoms with van der Waals surface area (Å²) >= 11 is 0. The molecule has 7 heteroatoms. The summed E-state index contributed by atoms with van der Waals surface area (Å²) in [5.41, 5.74) is -1.03. The fraction of sp³-hybridized carbons (Fsp3) is 0.619. The Balaban J connectivity index is 2.38. The van der Waals surface area contributed by atoms with Crippen molar-refractivity contribution in [3.8, 4) is 0 Å². The lowest BCUT2D eigenvalue weighted by molar-refractivity contribution is -0.109. The quantitative estimate of drug-likeness (QED) is 0.691. The van der Waals surface area contributed by atoms with Crippen LogP contribution in [0.1, 0.15) is 66.9 Å². The molecule has 0 bridgehead atoms. The van der Waals surface area contributed by atoms with Crippen molar-refractivity contribution in [1.29, 1.82) is 0 Å². The maximum absolute atomic E-state index is 13.2. The van der Waals surface area contributed by atoms with Crippen LogP contribution >= 0.6 is 0 Å². The van der Waals surface area contributed by atoms with Gasteiger partial charge in [-0.1, -0.05) is 26.0 Å². The van der Waals surface area contributed by atoms with Gasteiger partial charge in [-0.2, -0.15) is 4.31 Å². The molecule has 1 aliphatic carbocycles. The number of hydrogen-bond donors (Lipinski definition) is 0. The molecule has 0 saturated heterocycles. The molecule has 1 fully saturated rings. The molecule has 0 N–H and O–H groups in total. The molecular formula is C21H31NO5S. The van der Waals surface area contributed by atoms with Gasteiger partial charge in [0, 0.05) is 5.92 Å². The Hall–Kier alpha value is -1.89. The summed E-state index contributed by atoms with van der Waals surface area (Å²) in [5.74, 6) is 0.00845. The van der Waals surface area contributed by atoms with Crippen LogP contribution in [0.2, 0.25) is 0 Å². The molecule has 0 spiro atoms. The summed E-state index contributed by atoms with van der Waals surface area (Å²) in [4.78, 5) is 23.9. The highest BCUT2D eigenvalue weighted by atomic mass is 32.2. The number of rotatable bonds is 4. The number of aldehydes is 1. The second-order valence-electron chi connectivity index (χ2n) is 9.95. The van der Waals surface area contributed by atoms with E-state index in [0.717, 1.165) is 16.2 Å². The van der Waals surface area contributed by atoms with Crippen molar-refractivity contribution < 1.29 is 22.7 Å². The third kappa shape index (κ3) is 4.24. The highest BCUT2D eigenvalue weighted by Crippen LogP contribution is 2.63. The lowest BCUT2D eigenvalue weighted by atomic mass is 10.0. The lowest BCUT2D eigenvalue weighted by Gasteiger charge is -2.35. The zero-order valence-electron chi connectivity index (χ0n) is 17.9. The van der Waals surface area contributed by atoms with Gasteiger partial charge < -0.3 is 9.53 Å². The van der Waals surface area contributed by atoms with Crippen LogP contribution in [0.25, 0.3) is 0 Å². The first-order valence-corrected chi connectivity index (χ1v) is 10.8. The maximum Gasteiger partial charge on any atom is 0.424 e. The predicted octanol–water partition coefficient (Wildman–Crippen LogP) is 4.35. The van der Waals surface area contributed by atoms with Crippen LogP contribution in [0, 0.1) is 11.3 Å². The van der Waals surface area contributed by atoms with Crippen LogP contribution in [-0.2, 0) is 19.6 Å². The van der Waals surface area contributed by atoms with Gasteiger partial charge in [-0.25, -0.2) is 13.2 Å². The van der Waals surface area contributed by atoms with Crippen LogP contribution in [0.15, 0.2) is 29.2 Å². The normalized spacial score (nSPS) is 21.7. The summed E-state index contributed by atoms with van der Waals surface area (Å²) in [7, 11) is -4.11. The molecule has 1 aromatic carbocycles. The molecule has 0 heterocycles. The van der Waals surface area contributed by atoms with Crippen molar-refractivity contribution >= 4 is 22.4 Å². The highest BCUT2D eigenvalue weighted by molar-refractivity contribution is 7.89. The summed E-state index contributed by atoms with van der Waals surface area (Å²) in [6, 6.07) is 6.42. The smallest absolute Gasteiger partial charge is 0.424 e. The first-order chi connectivity index (χ1) is 12.5. The van der Waals surface area contributed by atoms with Crippen molar-refractivity contribution in [1.82, 2.24) is 4.31 Å². The minimum Gasteiger partial charge on any atom is -0.443 e. The molecule has 1 aromatic rings. The third-order valence-electron chi connectivity index (χ3n) is 5.00. The molecule has 0 aliphatic heterocycles. The number of carbonyl (C=O) groups is 2. The number of carbonyl (C=O) groups excluding carboxylic acids is 2. The summed E-state index contributed by atoms with van der Waals surface area (Å²) in [5, 5.41) is 0. The lowest BCUT2D eigenvalue weighted by Crippen LogP contribution is -2.51. The Morgan fingerprint density at radius 1 is 1.07 bits per heavy atom. The Kier molecular flexibility index (Phi) is 5.49. The van der Waals surface area contributed by atoms with Crippen molar-refractivity contribution in [2.24, 2.45) is 11.3 Å². The van der Waals surface area contributed by atoms with Gasteiger partial charge in [-0.3, -0.25) is 0 Å². The van der Waals surface area contributed by atoms with E-state index < -0.39 is 27.3 Å². The third-order valence-corrected chi connectivity index (χ3v) is 7.05. The zero-order chi connectivity index (χ0) is 21.7. The molecule has 1 saturated carbocycles. The van der Waals surface area contributed by atoms with E-state index in [4.69, 9.17) is 4.74 Å². The van der Waals surface area contributed by atoms with Crippen molar-refractivity contribution in [3.05, 3.63) is 29.8 Å². The second-order valence-corrected chi connectivity index (χ2v) is 11.7. The molecule has 0 aromatic heterocycles. The van der Waals surface area contributed by atoms with Gasteiger partial charge in [0.25, 0.3) is 10.0 Å². The maximum atomic E-state index is 13.2. The molecule has 1 aliphatic rings. The first kappa shape index (κ1) is 22.4. The summed E-state index contributed by atoms with van der Waals surface area (Å²) in [6.45, 7) is 14.0. The number of amides is 1. The predicted molar refractivity (Wildman–Crippen MR) is 108 cm³/mol. The van der Waals surface area contributed by atoms with E-state index in [1.54, 1.807) is 53.7 Å². The topological polar surface area (TPSA) is 80.8 Å². The van der Waals surface area contributed by atoms with E-state index in [9.17, 15) is 18.0 Å². The van der Waals surface area contributed by atoms with Gasteiger partial charge in [0.15, 0.2) is 0 Å². The largest absolute Gasteiger partial charge is 0.443 e. The van der Waals surface area contributed by atoms with Crippen LogP contribution < -0.4 is 0 Å². The molecule has 28 heavy (non-hydrogen) atoms. The van der Waals surface area contributed by atoms with Crippen LogP contribution in [0.3, 0.4) is 0 Å². The zero-order valence-corrected chi connectivity index (χ0v) is 18.8. The number of benzene rings is 1. The van der Waals surface area contributed by atoms with Gasteiger partial charge in [0.1, 0.15) is 11.9 Å². The fourth-order valence-corrected chi connectivity index (χ4v) is 5.20. The monoisotopic (exact) mass is 409 g/mol. The Morgan fingerprint density at radius 2 is 1.57 bits per heavy atom. The van der Waals surface area contributed by atoms with Crippen molar-refractivity contribution in [3.63, 3.8) is 0 Å². The molecular weight excluding hydrogens is 378 g/mol. The van der Waals surface area contributed by atoms with Gasteiger partial charge in [-0.05, 0) is 70.6 Å². The van der Waals surface area contributed by atoms with Crippen molar-refractivity contribution in [2.75, 3.05) is 0 Å². The Morgan fingerprint density at radius 3 is 1.93 bits per heavy atom. The van der Waals surface area contributed by atoms with Crippen LogP contribution in [0.4, 0.5) is 4.79 Å². The van der Waals surface area contributed by atoms with E-state index in [0.29, 0.717) is 0 Å². The SMILES string of the molecule is CC(C)(C)OC(=O)N(C(C)(C)C)S(=O)(=O)c1ccc([C@@H]2[C@@H](C=O)C2(C)C)cc1. The Bertz CT molecular complexity index is 858. The van der Waals surface area contributed by atoms with E-state index in [1.165, 1.54) is 12.1 Å². The minimum atomic E-state index is -4.11. The molecule has 0 radical (unpaired) electrons. The van der Waals surface area contributed by atoms with E-state index in [1.807, 2.05) is 13.8 Å². The van der Waals surface area contributed by atoms with E-state index in [2.05, 4.69) is 0 Å². The van der Waals surface area contributed by atoms with Gasteiger partial charge in [0.2, 0.25) is 0 Å². The van der Waals surface area contributed by atoms with E-state index >= 15 is 0 Å². The highest BCUT2D eigenvalue weighted by Gasteiger charge is 2.58. The standard InChI is InChI=1S/C21H31NO5S/c1-19(2,3)22(18(24)27-20(4,5)6)28(25,26)15-11-9-14(10-12-15)17-16(13-23)21(17,7)8/h9-13,16-17H,1-8H3/t16-,17-/m1/s1. The molecule has 156 valence electrons. The average molecular weight is 410 g/mol. The number of hydrogen-bond acceptors (Lipinski definition) is 5. The second kappa shape index (κ2) is 6.87. The van der Waals surface area contributed by atoms with Crippen molar-refractivity contribution in [2.45, 2.75) is 77.3 Å². The average Bonchev–Trinajstić information content (AvgIpc) is 3.04. The van der Waals surface area contributed by atoms with Gasteiger partial charge >= 0.3 is 6.09 Å². The molecule has 2 atom stereocenters. The molecule has 2 rings (SSSR count). The minimum absolute atomic E-state index is 0.0122. The summed E-state index contributed by atoms with van der Waals surface area (Å²) in [6.07, 6.45) is 0.0486. The van der Waals surface area contributed by atoms with Crippen LogP contribution in [0.5, 0.6) is 0 Å². The number of nitrogens with zero attached hydrogens (tertiary/aromatic N) is 1. The van der Waals surface area contributed by atoms with Crippen LogP contribution in [-0.4, -0.2) is 36.2 Å². The number of ether oxygens (including phenoxy) is 1. The molecule has 0 unspecified atom stereocenters. The Labute approximate surface area is 168 Å². The fourth-order valence-electron chi connectivity index (χ4n) is 3.56. The molecule has 6 nitrogen and oxygen atoms in total. The van der Waals surface area contributed by atoms with E-state index in [-0.39, 0.29) is 22.1 Å². The van der Waals surface area contributed by atoms with Gasteiger partial charge in [0.05, 0.1) is 10.4 Å². The number of sulfonamides is 1. The first-order valence-electron chi connectivity index (χ1n) is 9.37. The van der Waals surface area contributed by atoms with Gasteiger partial charge in [-0.15, -0.1) is 0 Å². The molecule has 1 amide bonds. The summed E-state index contributed by atoms with van der Waals surface area (Å²) < 4.78 is 32.6.